The smallest absolute Gasteiger partial charge is 0.253 e. The zero-order valence-electron chi connectivity index (χ0n) is 13.9. The van der Waals surface area contributed by atoms with Gasteiger partial charge in [0.05, 0.1) is 0 Å². The van der Waals surface area contributed by atoms with Crippen molar-refractivity contribution >= 4 is 0 Å². The summed E-state index contributed by atoms with van der Waals surface area (Å²) in [5, 5.41) is 0. The van der Waals surface area contributed by atoms with Crippen LogP contribution in [0.25, 0.3) is 0 Å². The van der Waals surface area contributed by atoms with Crippen molar-refractivity contribution in [1.82, 2.24) is 0 Å². The summed E-state index contributed by atoms with van der Waals surface area (Å²) in [4.78, 5) is 0. The quantitative estimate of drug-likeness (QED) is 0.625. The van der Waals surface area contributed by atoms with Gasteiger partial charge in [-0.25, -0.2) is 0 Å². The summed E-state index contributed by atoms with van der Waals surface area (Å²) in [6.07, 6.45) is 7.04. The van der Waals surface area contributed by atoms with Crippen molar-refractivity contribution in [2.75, 3.05) is 0 Å². The summed E-state index contributed by atoms with van der Waals surface area (Å²) < 4.78 is 12.9. The highest BCUT2D eigenvalue weighted by Gasteiger charge is 2.42. The van der Waals surface area contributed by atoms with Crippen LogP contribution in [0.5, 0.6) is 11.5 Å². The van der Waals surface area contributed by atoms with E-state index < -0.39 is 5.79 Å². The van der Waals surface area contributed by atoms with E-state index in [-0.39, 0.29) is 0 Å². The maximum Gasteiger partial charge on any atom is 0.253 e. The second-order valence-electron chi connectivity index (χ2n) is 6.33. The van der Waals surface area contributed by atoms with Crippen molar-refractivity contribution in [2.24, 2.45) is 5.92 Å². The molecule has 2 aromatic rings. The molecular formula is C21H26O2. The molecule has 122 valence electrons. The number of ether oxygens (including phenoxy) is 2. The van der Waals surface area contributed by atoms with Gasteiger partial charge >= 0.3 is 0 Å². The zero-order chi connectivity index (χ0) is 16.0. The Kier molecular flexibility index (Phi) is 5.22. The van der Waals surface area contributed by atoms with Crippen LogP contribution in [-0.2, 0) is 0 Å². The molecule has 0 unspecified atom stereocenters. The number of hydrogen-bond donors (Lipinski definition) is 0. The van der Waals surface area contributed by atoms with Crippen molar-refractivity contribution < 1.29 is 9.47 Å². The monoisotopic (exact) mass is 310 g/mol. The lowest BCUT2D eigenvalue weighted by molar-refractivity contribution is -0.166. The van der Waals surface area contributed by atoms with E-state index in [1.54, 1.807) is 0 Å². The van der Waals surface area contributed by atoms with E-state index in [0.717, 1.165) is 17.9 Å². The second kappa shape index (κ2) is 7.54. The van der Waals surface area contributed by atoms with Gasteiger partial charge in [-0.15, -0.1) is 0 Å². The molecule has 0 amide bonds. The molecule has 0 heterocycles. The van der Waals surface area contributed by atoms with Crippen LogP contribution in [0.4, 0.5) is 0 Å². The number of para-hydroxylation sites is 2. The minimum absolute atomic E-state index is 0.432. The van der Waals surface area contributed by atoms with Gasteiger partial charge in [0, 0.05) is 12.3 Å². The maximum absolute atomic E-state index is 6.47. The van der Waals surface area contributed by atoms with Gasteiger partial charge in [-0.2, -0.15) is 0 Å². The minimum atomic E-state index is -0.580. The molecule has 1 aliphatic carbocycles. The Morgan fingerprint density at radius 3 is 1.70 bits per heavy atom. The highest BCUT2D eigenvalue weighted by Crippen LogP contribution is 2.39. The predicted molar refractivity (Wildman–Crippen MR) is 93.7 cm³/mol. The molecule has 0 bridgehead atoms. The van der Waals surface area contributed by atoms with Gasteiger partial charge in [0.25, 0.3) is 5.79 Å². The van der Waals surface area contributed by atoms with Crippen LogP contribution in [0.1, 0.15) is 45.4 Å². The third kappa shape index (κ3) is 3.87. The largest absolute Gasteiger partial charge is 0.452 e. The van der Waals surface area contributed by atoms with Crippen molar-refractivity contribution in [2.45, 2.75) is 51.2 Å². The third-order valence-electron chi connectivity index (χ3n) is 4.79. The molecule has 3 rings (SSSR count). The lowest BCUT2D eigenvalue weighted by atomic mass is 9.81. The van der Waals surface area contributed by atoms with E-state index in [4.69, 9.17) is 9.47 Å². The van der Waals surface area contributed by atoms with Crippen LogP contribution < -0.4 is 9.47 Å². The minimum Gasteiger partial charge on any atom is -0.452 e. The van der Waals surface area contributed by atoms with E-state index in [1.165, 1.54) is 32.1 Å². The number of benzene rings is 2. The summed E-state index contributed by atoms with van der Waals surface area (Å²) >= 11 is 0. The number of hydrogen-bond acceptors (Lipinski definition) is 2. The summed E-state index contributed by atoms with van der Waals surface area (Å²) in [5.74, 6) is 1.62. The van der Waals surface area contributed by atoms with E-state index in [0.29, 0.717) is 5.92 Å². The van der Waals surface area contributed by atoms with Crippen LogP contribution in [0, 0.1) is 5.92 Å². The van der Waals surface area contributed by atoms with Crippen molar-refractivity contribution in [3.05, 3.63) is 60.7 Å². The molecule has 1 saturated carbocycles. The van der Waals surface area contributed by atoms with Gasteiger partial charge < -0.3 is 9.47 Å². The molecule has 1 fully saturated rings. The van der Waals surface area contributed by atoms with Crippen LogP contribution >= 0.6 is 0 Å². The van der Waals surface area contributed by atoms with E-state index in [1.807, 2.05) is 60.7 Å². The van der Waals surface area contributed by atoms with Gasteiger partial charge in [-0.3, -0.25) is 0 Å². The first-order valence-electron chi connectivity index (χ1n) is 8.80. The Balaban J connectivity index is 1.89. The fourth-order valence-corrected chi connectivity index (χ4v) is 3.54. The standard InChI is InChI=1S/C21H26O2/c1-2-21(18-12-6-3-7-13-18,22-19-14-8-4-9-15-19)23-20-16-10-5-11-17-20/h4-5,8-11,14-18H,2-3,6-7,12-13H2,1H3. The zero-order valence-corrected chi connectivity index (χ0v) is 13.9. The van der Waals surface area contributed by atoms with Crippen molar-refractivity contribution in [3.63, 3.8) is 0 Å². The average Bonchev–Trinajstić information content (AvgIpc) is 2.63. The first kappa shape index (κ1) is 15.9. The second-order valence-corrected chi connectivity index (χ2v) is 6.33. The maximum atomic E-state index is 6.47. The molecule has 0 saturated heterocycles. The highest BCUT2D eigenvalue weighted by atomic mass is 16.7. The van der Waals surface area contributed by atoms with Gasteiger partial charge in [0.15, 0.2) is 0 Å². The van der Waals surface area contributed by atoms with Gasteiger partial charge in [0.1, 0.15) is 11.5 Å². The molecule has 0 aromatic heterocycles. The summed E-state index contributed by atoms with van der Waals surface area (Å²) in [6.45, 7) is 2.17. The molecule has 2 heteroatoms. The van der Waals surface area contributed by atoms with Gasteiger partial charge in [0.2, 0.25) is 0 Å². The summed E-state index contributed by atoms with van der Waals surface area (Å²) in [7, 11) is 0. The molecule has 0 aliphatic heterocycles. The van der Waals surface area contributed by atoms with E-state index >= 15 is 0 Å². The highest BCUT2D eigenvalue weighted by molar-refractivity contribution is 5.24. The van der Waals surface area contributed by atoms with Crippen molar-refractivity contribution in [3.8, 4) is 11.5 Å². The Morgan fingerprint density at radius 2 is 1.26 bits per heavy atom. The fraction of sp³-hybridized carbons (Fsp3) is 0.429. The Morgan fingerprint density at radius 1 is 0.783 bits per heavy atom. The van der Waals surface area contributed by atoms with Crippen LogP contribution in [0.2, 0.25) is 0 Å². The molecule has 0 N–H and O–H groups in total. The fourth-order valence-electron chi connectivity index (χ4n) is 3.54. The van der Waals surface area contributed by atoms with Crippen molar-refractivity contribution in [1.29, 1.82) is 0 Å². The normalized spacial score (nSPS) is 16.0. The molecule has 0 radical (unpaired) electrons. The average molecular weight is 310 g/mol. The van der Waals surface area contributed by atoms with Gasteiger partial charge in [-0.1, -0.05) is 62.6 Å². The lowest BCUT2D eigenvalue weighted by Gasteiger charge is -2.41. The molecule has 2 nitrogen and oxygen atoms in total. The van der Waals surface area contributed by atoms with Crippen LogP contribution in [0.3, 0.4) is 0 Å². The molecule has 23 heavy (non-hydrogen) atoms. The molecule has 1 aliphatic rings. The van der Waals surface area contributed by atoms with Crippen LogP contribution in [0.15, 0.2) is 60.7 Å². The van der Waals surface area contributed by atoms with Gasteiger partial charge in [-0.05, 0) is 37.1 Å². The van der Waals surface area contributed by atoms with E-state index in [9.17, 15) is 0 Å². The third-order valence-corrected chi connectivity index (χ3v) is 4.79. The summed E-state index contributed by atoms with van der Waals surface area (Å²) in [5.41, 5.74) is 0. The molecule has 0 spiro atoms. The predicted octanol–water partition coefficient (Wildman–Crippen LogP) is 5.83. The SMILES string of the molecule is CCC(Oc1ccccc1)(Oc1ccccc1)C1CCCCC1. The first-order chi connectivity index (χ1) is 11.3. The Labute approximate surface area is 139 Å². The topological polar surface area (TPSA) is 18.5 Å². The number of rotatable bonds is 6. The molecule has 0 atom stereocenters. The molecule has 2 aromatic carbocycles. The lowest BCUT2D eigenvalue weighted by Crippen LogP contribution is -2.49. The Bertz CT molecular complexity index is 532. The first-order valence-corrected chi connectivity index (χ1v) is 8.80. The summed E-state index contributed by atoms with van der Waals surface area (Å²) in [6, 6.07) is 20.1. The van der Waals surface area contributed by atoms with Crippen LogP contribution in [-0.4, -0.2) is 5.79 Å². The van der Waals surface area contributed by atoms with E-state index in [2.05, 4.69) is 6.92 Å². The Hall–Kier alpha value is -1.96. The molecular weight excluding hydrogens is 284 g/mol.